The van der Waals surface area contributed by atoms with Crippen molar-refractivity contribution in [3.8, 4) is 11.3 Å². The molecule has 1 heterocycles. The molecule has 0 atom stereocenters. The van der Waals surface area contributed by atoms with Gasteiger partial charge in [-0.2, -0.15) is 5.10 Å². The predicted octanol–water partition coefficient (Wildman–Crippen LogP) is 4.04. The van der Waals surface area contributed by atoms with Gasteiger partial charge in [-0.25, -0.2) is 10.2 Å². The maximum Gasteiger partial charge on any atom is 0.337 e. The topological polar surface area (TPSA) is 80.9 Å². The number of ether oxygens (including phenoxy) is 1. The van der Waals surface area contributed by atoms with Crippen molar-refractivity contribution in [1.82, 2.24) is 5.43 Å². The van der Waals surface area contributed by atoms with Gasteiger partial charge in [-0.15, -0.1) is 0 Å². The molecule has 6 nitrogen and oxygen atoms in total. The number of methoxy groups -OCH3 is 1. The van der Waals surface area contributed by atoms with Gasteiger partial charge < -0.3 is 9.15 Å². The van der Waals surface area contributed by atoms with Crippen LogP contribution in [0.25, 0.3) is 11.3 Å². The maximum absolute atomic E-state index is 12.1. The molecule has 0 unspecified atom stereocenters. The van der Waals surface area contributed by atoms with E-state index in [1.165, 1.54) is 13.3 Å². The first kappa shape index (κ1) is 20.1. The van der Waals surface area contributed by atoms with Crippen molar-refractivity contribution in [3.05, 3.63) is 82.6 Å². The number of rotatable bonds is 6. The van der Waals surface area contributed by atoms with E-state index >= 15 is 0 Å². The molecule has 0 radical (unpaired) electrons. The standard InChI is InChI=1S/C23H22N2O4/c1-15-7-8-16(2)19(11-15)13-22(26)25-24-14-20-9-10-21(29-20)17-5-4-6-18(12-17)23(27)28-3/h4-12,14H,13H2,1-3H3,(H,25,26)/b24-14-. The molecule has 3 aromatic rings. The zero-order valence-corrected chi connectivity index (χ0v) is 16.6. The van der Waals surface area contributed by atoms with E-state index in [1.807, 2.05) is 38.1 Å². The number of esters is 1. The lowest BCUT2D eigenvalue weighted by molar-refractivity contribution is -0.120. The minimum absolute atomic E-state index is 0.201. The lowest BCUT2D eigenvalue weighted by Crippen LogP contribution is -2.20. The number of nitrogens with zero attached hydrogens (tertiary/aromatic N) is 1. The minimum Gasteiger partial charge on any atom is -0.465 e. The van der Waals surface area contributed by atoms with Crippen molar-refractivity contribution in [1.29, 1.82) is 0 Å². The fourth-order valence-corrected chi connectivity index (χ4v) is 2.87. The molecule has 1 aromatic heterocycles. The molecule has 0 spiro atoms. The van der Waals surface area contributed by atoms with Gasteiger partial charge in [-0.3, -0.25) is 4.79 Å². The second-order valence-electron chi connectivity index (χ2n) is 6.67. The molecular formula is C23H22N2O4. The zero-order valence-electron chi connectivity index (χ0n) is 16.6. The summed E-state index contributed by atoms with van der Waals surface area (Å²) in [5.74, 6) is 0.452. The Labute approximate surface area is 169 Å². The Morgan fingerprint density at radius 2 is 1.93 bits per heavy atom. The summed E-state index contributed by atoms with van der Waals surface area (Å²) in [6.07, 6.45) is 1.70. The highest BCUT2D eigenvalue weighted by molar-refractivity contribution is 5.90. The Kier molecular flexibility index (Phi) is 6.24. The third-order valence-electron chi connectivity index (χ3n) is 4.43. The highest BCUT2D eigenvalue weighted by atomic mass is 16.5. The van der Waals surface area contributed by atoms with Gasteiger partial charge in [-0.1, -0.05) is 35.9 Å². The van der Waals surface area contributed by atoms with Crippen LogP contribution >= 0.6 is 0 Å². The minimum atomic E-state index is -0.410. The molecule has 0 aliphatic rings. The average Bonchev–Trinajstić information content (AvgIpc) is 3.19. The van der Waals surface area contributed by atoms with Crippen molar-refractivity contribution in [2.75, 3.05) is 7.11 Å². The molecule has 0 fully saturated rings. The van der Waals surface area contributed by atoms with Gasteiger partial charge in [0.25, 0.3) is 0 Å². The van der Waals surface area contributed by atoms with Crippen LogP contribution < -0.4 is 5.43 Å². The van der Waals surface area contributed by atoms with Crippen molar-refractivity contribution < 1.29 is 18.7 Å². The van der Waals surface area contributed by atoms with Gasteiger partial charge >= 0.3 is 5.97 Å². The van der Waals surface area contributed by atoms with E-state index in [9.17, 15) is 9.59 Å². The summed E-state index contributed by atoms with van der Waals surface area (Å²) in [5, 5.41) is 3.96. The molecule has 0 aliphatic carbocycles. The normalized spacial score (nSPS) is 10.9. The highest BCUT2D eigenvalue weighted by Crippen LogP contribution is 2.23. The Balaban J connectivity index is 1.63. The van der Waals surface area contributed by atoms with Gasteiger partial charge in [0.05, 0.1) is 25.3 Å². The van der Waals surface area contributed by atoms with Crippen LogP contribution in [0.1, 0.15) is 32.8 Å². The van der Waals surface area contributed by atoms with Crippen LogP contribution in [-0.4, -0.2) is 25.2 Å². The van der Waals surface area contributed by atoms with Crippen molar-refractivity contribution in [3.63, 3.8) is 0 Å². The molecule has 148 valence electrons. The van der Waals surface area contributed by atoms with Crippen molar-refractivity contribution >= 4 is 18.1 Å². The summed E-state index contributed by atoms with van der Waals surface area (Å²) < 4.78 is 10.5. The molecule has 0 bridgehead atoms. The first-order chi connectivity index (χ1) is 14.0. The molecule has 2 aromatic carbocycles. The van der Waals surface area contributed by atoms with E-state index in [0.29, 0.717) is 17.1 Å². The SMILES string of the molecule is COC(=O)c1cccc(-c2ccc(/C=N\NC(=O)Cc3cc(C)ccc3C)o2)c1. The van der Waals surface area contributed by atoms with Crippen LogP contribution in [0.3, 0.4) is 0 Å². The lowest BCUT2D eigenvalue weighted by atomic mass is 10.0. The van der Waals surface area contributed by atoms with E-state index < -0.39 is 5.97 Å². The Bertz CT molecular complexity index is 1070. The highest BCUT2D eigenvalue weighted by Gasteiger charge is 2.09. The van der Waals surface area contributed by atoms with E-state index in [0.717, 1.165) is 22.3 Å². The van der Waals surface area contributed by atoms with Crippen molar-refractivity contribution in [2.45, 2.75) is 20.3 Å². The number of benzene rings is 2. The Morgan fingerprint density at radius 1 is 1.10 bits per heavy atom. The number of hydrogen-bond acceptors (Lipinski definition) is 5. The number of carbonyl (C=O) groups excluding carboxylic acids is 2. The number of amides is 1. The smallest absolute Gasteiger partial charge is 0.337 e. The molecule has 3 rings (SSSR count). The molecule has 0 saturated heterocycles. The first-order valence-electron chi connectivity index (χ1n) is 9.13. The Morgan fingerprint density at radius 3 is 2.72 bits per heavy atom. The Hall–Kier alpha value is -3.67. The summed E-state index contributed by atoms with van der Waals surface area (Å²) >= 11 is 0. The molecule has 0 saturated carbocycles. The summed E-state index contributed by atoms with van der Waals surface area (Å²) in [7, 11) is 1.34. The van der Waals surface area contributed by atoms with Crippen LogP contribution in [-0.2, 0) is 16.0 Å². The second-order valence-corrected chi connectivity index (χ2v) is 6.67. The lowest BCUT2D eigenvalue weighted by Gasteiger charge is -2.05. The van der Waals surface area contributed by atoms with Gasteiger partial charge in [0, 0.05) is 5.56 Å². The molecule has 6 heteroatoms. The summed E-state index contributed by atoms with van der Waals surface area (Å²) in [6.45, 7) is 3.97. The zero-order chi connectivity index (χ0) is 20.8. The fourth-order valence-electron chi connectivity index (χ4n) is 2.87. The molecule has 29 heavy (non-hydrogen) atoms. The van der Waals surface area contributed by atoms with Crippen LogP contribution in [0.5, 0.6) is 0 Å². The number of furan rings is 1. The fraction of sp³-hybridized carbons (Fsp3) is 0.174. The molecular weight excluding hydrogens is 368 g/mol. The second kappa shape index (κ2) is 9.01. The number of hydrogen-bond donors (Lipinski definition) is 1. The predicted molar refractivity (Wildman–Crippen MR) is 111 cm³/mol. The maximum atomic E-state index is 12.1. The van der Waals surface area contributed by atoms with Gasteiger partial charge in [0.1, 0.15) is 11.5 Å². The summed E-state index contributed by atoms with van der Waals surface area (Å²) in [5.41, 5.74) is 6.86. The van der Waals surface area contributed by atoms with E-state index in [1.54, 1.807) is 30.3 Å². The third kappa shape index (κ3) is 5.19. The summed E-state index contributed by atoms with van der Waals surface area (Å²) in [6, 6.07) is 16.5. The number of hydrazone groups is 1. The average molecular weight is 390 g/mol. The molecule has 1 amide bonds. The number of carbonyl (C=O) groups is 2. The van der Waals surface area contributed by atoms with E-state index in [2.05, 4.69) is 10.5 Å². The van der Waals surface area contributed by atoms with Gasteiger partial charge in [-0.05, 0) is 49.2 Å². The largest absolute Gasteiger partial charge is 0.465 e. The van der Waals surface area contributed by atoms with Crippen molar-refractivity contribution in [2.24, 2.45) is 5.10 Å². The quantitative estimate of drug-likeness (QED) is 0.391. The summed E-state index contributed by atoms with van der Waals surface area (Å²) in [4.78, 5) is 23.8. The molecule has 0 aliphatic heterocycles. The van der Waals surface area contributed by atoms with Crippen LogP contribution in [0.2, 0.25) is 0 Å². The van der Waals surface area contributed by atoms with E-state index in [-0.39, 0.29) is 12.3 Å². The molecule has 1 N–H and O–H groups in total. The first-order valence-corrected chi connectivity index (χ1v) is 9.13. The van der Waals surface area contributed by atoms with Crippen LogP contribution in [0, 0.1) is 13.8 Å². The number of nitrogens with one attached hydrogen (secondary N) is 1. The van der Waals surface area contributed by atoms with Crippen LogP contribution in [0.4, 0.5) is 0 Å². The van der Waals surface area contributed by atoms with Gasteiger partial charge in [0.2, 0.25) is 5.91 Å². The van der Waals surface area contributed by atoms with Crippen LogP contribution in [0.15, 0.2) is 64.1 Å². The monoisotopic (exact) mass is 390 g/mol. The third-order valence-corrected chi connectivity index (χ3v) is 4.43. The number of aryl methyl sites for hydroxylation is 2. The van der Waals surface area contributed by atoms with Gasteiger partial charge in [0.15, 0.2) is 0 Å². The van der Waals surface area contributed by atoms with E-state index in [4.69, 9.17) is 9.15 Å².